The Balaban J connectivity index is 1.75. The summed E-state index contributed by atoms with van der Waals surface area (Å²) < 4.78 is 50.2. The summed E-state index contributed by atoms with van der Waals surface area (Å²) in [7, 11) is -3.39. The van der Waals surface area contributed by atoms with Crippen molar-refractivity contribution < 1.29 is 22.0 Å². The van der Waals surface area contributed by atoms with Crippen molar-refractivity contribution in [2.75, 3.05) is 6.26 Å². The van der Waals surface area contributed by atoms with E-state index in [-0.39, 0.29) is 45.8 Å². The average Bonchev–Trinajstić information content (AvgIpc) is 2.92. The van der Waals surface area contributed by atoms with Gasteiger partial charge in [-0.3, -0.25) is 14.6 Å². The van der Waals surface area contributed by atoms with E-state index in [9.17, 15) is 26.8 Å². The topological polar surface area (TPSA) is 133 Å². The third-order valence-electron chi connectivity index (χ3n) is 6.24. The summed E-state index contributed by atoms with van der Waals surface area (Å²) in [5.74, 6) is -0.705. The van der Waals surface area contributed by atoms with E-state index in [1.54, 1.807) is 31.2 Å². The maximum atomic E-state index is 13.8. The lowest BCUT2D eigenvalue weighted by Gasteiger charge is -2.15. The first-order chi connectivity index (χ1) is 19.0. The van der Waals surface area contributed by atoms with Gasteiger partial charge < -0.3 is 10.3 Å². The van der Waals surface area contributed by atoms with Gasteiger partial charge in [0, 0.05) is 53.6 Å². The van der Waals surface area contributed by atoms with Crippen molar-refractivity contribution in [2.24, 2.45) is 0 Å². The molecule has 0 atom stereocenters. The van der Waals surface area contributed by atoms with E-state index in [0.29, 0.717) is 22.5 Å². The zero-order chi connectivity index (χ0) is 29.0. The summed E-state index contributed by atoms with van der Waals surface area (Å²) >= 11 is 0. The lowest BCUT2D eigenvalue weighted by atomic mass is 9.96. The van der Waals surface area contributed by atoms with Crippen molar-refractivity contribution in [1.82, 2.24) is 15.3 Å². The number of hydrogen-bond donors (Lipinski definition) is 2. The fourth-order valence-corrected chi connectivity index (χ4v) is 4.87. The smallest absolute Gasteiger partial charge is 0.263 e. The molecule has 1 amide bonds. The second-order valence-electron chi connectivity index (χ2n) is 9.16. The highest BCUT2D eigenvalue weighted by molar-refractivity contribution is 7.90. The SMILES string of the molecule is Cc1[nH]c(Cc2ccc(C#N)cn2)c(C(=O)NCc2ccc(S(C)(=O)=O)cc2)c(=O)c1-c1cccc(C(F)F)c1. The summed E-state index contributed by atoms with van der Waals surface area (Å²) in [4.78, 5) is 34.7. The number of alkyl halides is 2. The fourth-order valence-electron chi connectivity index (χ4n) is 4.24. The molecule has 0 radical (unpaired) electrons. The Morgan fingerprint density at radius 3 is 2.45 bits per heavy atom. The molecule has 2 heterocycles. The molecule has 4 aromatic rings. The first-order valence-corrected chi connectivity index (χ1v) is 13.9. The number of aryl methyl sites for hydroxylation is 1. The van der Waals surface area contributed by atoms with Gasteiger partial charge in [0.2, 0.25) is 5.43 Å². The molecule has 0 saturated heterocycles. The molecule has 8 nitrogen and oxygen atoms in total. The first-order valence-electron chi connectivity index (χ1n) is 12.0. The molecule has 11 heteroatoms. The molecule has 0 unspecified atom stereocenters. The number of H-pyrrole nitrogens is 1. The second-order valence-corrected chi connectivity index (χ2v) is 11.2. The van der Waals surface area contributed by atoms with Crippen LogP contribution in [0, 0.1) is 18.3 Å². The van der Waals surface area contributed by atoms with Crippen molar-refractivity contribution in [1.29, 1.82) is 5.26 Å². The molecule has 0 fully saturated rings. The first kappa shape index (κ1) is 28.3. The van der Waals surface area contributed by atoms with E-state index < -0.39 is 27.6 Å². The zero-order valence-electron chi connectivity index (χ0n) is 21.5. The van der Waals surface area contributed by atoms with Gasteiger partial charge in [0.25, 0.3) is 12.3 Å². The van der Waals surface area contributed by atoms with Gasteiger partial charge in [-0.2, -0.15) is 5.26 Å². The Morgan fingerprint density at radius 1 is 1.12 bits per heavy atom. The van der Waals surface area contributed by atoms with Crippen molar-refractivity contribution in [3.8, 4) is 17.2 Å². The number of halogens is 2. The van der Waals surface area contributed by atoms with Crippen LogP contribution in [0.15, 0.2) is 76.6 Å². The number of sulfone groups is 1. The number of rotatable bonds is 8. The lowest BCUT2D eigenvalue weighted by Crippen LogP contribution is -2.32. The predicted molar refractivity (Wildman–Crippen MR) is 145 cm³/mol. The van der Waals surface area contributed by atoms with E-state index >= 15 is 0 Å². The number of carbonyl (C=O) groups excluding carboxylic acids is 1. The molecule has 2 aromatic carbocycles. The Hall–Kier alpha value is -4.69. The molecule has 0 aliphatic heterocycles. The van der Waals surface area contributed by atoms with E-state index in [1.165, 1.54) is 42.6 Å². The summed E-state index contributed by atoms with van der Waals surface area (Å²) in [6.45, 7) is 1.62. The van der Waals surface area contributed by atoms with Crippen molar-refractivity contribution >= 4 is 15.7 Å². The van der Waals surface area contributed by atoms with Gasteiger partial charge in [-0.15, -0.1) is 0 Å². The third-order valence-corrected chi connectivity index (χ3v) is 7.37. The van der Waals surface area contributed by atoms with Gasteiger partial charge in [0.05, 0.1) is 10.5 Å². The molecule has 204 valence electrons. The minimum Gasteiger partial charge on any atom is -0.361 e. The third kappa shape index (κ3) is 6.30. The lowest BCUT2D eigenvalue weighted by molar-refractivity contribution is 0.0948. The van der Waals surface area contributed by atoms with Crippen LogP contribution in [-0.4, -0.2) is 30.5 Å². The molecular formula is C29H24F2N4O4S. The highest BCUT2D eigenvalue weighted by Crippen LogP contribution is 2.26. The number of carbonyl (C=O) groups is 1. The summed E-state index contributed by atoms with van der Waals surface area (Å²) in [6, 6.07) is 16.5. The number of nitriles is 1. The Kier molecular flexibility index (Phi) is 8.21. The van der Waals surface area contributed by atoms with Gasteiger partial charge in [-0.25, -0.2) is 17.2 Å². The molecule has 40 heavy (non-hydrogen) atoms. The molecule has 0 aliphatic rings. The molecule has 0 bridgehead atoms. The highest BCUT2D eigenvalue weighted by atomic mass is 32.2. The van der Waals surface area contributed by atoms with Crippen molar-refractivity contribution in [3.05, 3.63) is 116 Å². The molecule has 0 saturated carbocycles. The zero-order valence-corrected chi connectivity index (χ0v) is 22.4. The standard InChI is InChI=1S/C29H24F2N4O4S/c1-17-25(20-4-3-5-21(12-20)28(30)31)27(36)26(24(35-17)13-22-9-6-19(14-32)16-33-22)29(37)34-15-18-7-10-23(11-8-18)40(2,38)39/h3-12,16,28H,13,15H2,1-2H3,(H,34,37)(H,35,36). The summed E-state index contributed by atoms with van der Waals surface area (Å²) in [5, 5.41) is 11.7. The van der Waals surface area contributed by atoms with Crippen LogP contribution in [0.25, 0.3) is 11.1 Å². The second kappa shape index (κ2) is 11.6. The van der Waals surface area contributed by atoms with Crippen LogP contribution in [0.1, 0.15) is 50.6 Å². The molecule has 2 N–H and O–H groups in total. The van der Waals surface area contributed by atoms with Crippen LogP contribution in [0.2, 0.25) is 0 Å². The number of aromatic amines is 1. The van der Waals surface area contributed by atoms with Crippen LogP contribution in [0.5, 0.6) is 0 Å². The number of nitrogens with one attached hydrogen (secondary N) is 2. The molecular weight excluding hydrogens is 538 g/mol. The van der Waals surface area contributed by atoms with Gasteiger partial charge in [0.1, 0.15) is 11.6 Å². The van der Waals surface area contributed by atoms with Crippen LogP contribution >= 0.6 is 0 Å². The van der Waals surface area contributed by atoms with E-state index in [4.69, 9.17) is 5.26 Å². The van der Waals surface area contributed by atoms with Crippen molar-refractivity contribution in [3.63, 3.8) is 0 Å². The normalized spacial score (nSPS) is 11.3. The monoisotopic (exact) mass is 562 g/mol. The summed E-state index contributed by atoms with van der Waals surface area (Å²) in [5.41, 5.74) is 1.31. The van der Waals surface area contributed by atoms with Crippen molar-refractivity contribution in [2.45, 2.75) is 31.2 Å². The predicted octanol–water partition coefficient (Wildman–Crippen LogP) is 4.48. The highest BCUT2D eigenvalue weighted by Gasteiger charge is 2.23. The van der Waals surface area contributed by atoms with Gasteiger partial charge in [-0.1, -0.05) is 30.3 Å². The number of amides is 1. The van der Waals surface area contributed by atoms with Gasteiger partial charge in [0.15, 0.2) is 9.84 Å². The van der Waals surface area contributed by atoms with E-state index in [1.807, 2.05) is 6.07 Å². The fraction of sp³-hybridized carbons (Fsp3) is 0.172. The Bertz CT molecular complexity index is 1780. The number of hydrogen-bond acceptors (Lipinski definition) is 6. The van der Waals surface area contributed by atoms with Crippen LogP contribution in [0.4, 0.5) is 8.78 Å². The minimum atomic E-state index is -3.39. The molecule has 4 rings (SSSR count). The Labute approximate surface area is 229 Å². The van der Waals surface area contributed by atoms with E-state index in [2.05, 4.69) is 15.3 Å². The largest absolute Gasteiger partial charge is 0.361 e. The maximum absolute atomic E-state index is 13.8. The van der Waals surface area contributed by atoms with Gasteiger partial charge in [-0.05, 0) is 48.4 Å². The number of nitrogens with zero attached hydrogens (tertiary/aromatic N) is 2. The van der Waals surface area contributed by atoms with Crippen LogP contribution in [-0.2, 0) is 22.8 Å². The number of pyridine rings is 2. The maximum Gasteiger partial charge on any atom is 0.263 e. The molecule has 2 aromatic heterocycles. The van der Waals surface area contributed by atoms with Crippen LogP contribution < -0.4 is 10.7 Å². The minimum absolute atomic E-state index is 0.000941. The van der Waals surface area contributed by atoms with E-state index in [0.717, 1.165) is 6.26 Å². The average molecular weight is 563 g/mol. The number of benzene rings is 2. The quantitative estimate of drug-likeness (QED) is 0.325. The Morgan fingerprint density at radius 2 is 1.85 bits per heavy atom. The number of aromatic nitrogens is 2. The molecule has 0 aliphatic carbocycles. The van der Waals surface area contributed by atoms with Gasteiger partial charge >= 0.3 is 0 Å². The molecule has 0 spiro atoms. The van der Waals surface area contributed by atoms with Crippen LogP contribution in [0.3, 0.4) is 0 Å². The summed E-state index contributed by atoms with van der Waals surface area (Å²) in [6.07, 6.45) is -0.209.